The molecule has 1 heterocycles. The summed E-state index contributed by atoms with van der Waals surface area (Å²) >= 11 is 1.71. The van der Waals surface area contributed by atoms with E-state index in [1.807, 2.05) is 0 Å². The first-order chi connectivity index (χ1) is 7.20. The van der Waals surface area contributed by atoms with Crippen molar-refractivity contribution in [1.82, 2.24) is 4.98 Å². The Bertz CT molecular complexity index is 404. The highest BCUT2D eigenvalue weighted by atomic mass is 32.1. The van der Waals surface area contributed by atoms with Crippen molar-refractivity contribution in [2.75, 3.05) is 0 Å². The molecule has 2 aliphatic rings. The Labute approximate surface area is 92.2 Å². The zero-order valence-corrected chi connectivity index (χ0v) is 9.22. The molecule has 0 radical (unpaired) electrons. The number of rotatable bonds is 4. The Balaban J connectivity index is 1.82. The predicted octanol–water partition coefficient (Wildman–Crippen LogP) is 2.53. The highest BCUT2D eigenvalue weighted by Crippen LogP contribution is 2.52. The number of carbonyl (C=O) groups is 1. The molecule has 0 unspecified atom stereocenters. The van der Waals surface area contributed by atoms with Crippen molar-refractivity contribution in [3.63, 3.8) is 0 Å². The summed E-state index contributed by atoms with van der Waals surface area (Å²) in [5.74, 6) is -0.0159. The maximum Gasteiger partial charge on any atom is 0.304 e. The van der Waals surface area contributed by atoms with Crippen molar-refractivity contribution in [3.05, 3.63) is 16.1 Å². The van der Waals surface area contributed by atoms with E-state index in [2.05, 4.69) is 10.4 Å². The molecule has 1 N–H and O–H groups in total. The highest BCUT2D eigenvalue weighted by molar-refractivity contribution is 7.09. The van der Waals surface area contributed by atoms with Crippen LogP contribution in [0.1, 0.15) is 48.7 Å². The summed E-state index contributed by atoms with van der Waals surface area (Å²) in [4.78, 5) is 15.4. The van der Waals surface area contributed by atoms with Crippen LogP contribution in [0.2, 0.25) is 0 Å². The Morgan fingerprint density at radius 1 is 1.60 bits per heavy atom. The first-order valence-corrected chi connectivity index (χ1v) is 6.25. The minimum atomic E-state index is -0.700. The van der Waals surface area contributed by atoms with Gasteiger partial charge in [0.2, 0.25) is 0 Å². The van der Waals surface area contributed by atoms with Gasteiger partial charge in [0, 0.05) is 16.7 Å². The van der Waals surface area contributed by atoms with Crippen LogP contribution in [-0.4, -0.2) is 16.1 Å². The quantitative estimate of drug-likeness (QED) is 0.853. The maximum absolute atomic E-state index is 10.8. The summed E-state index contributed by atoms with van der Waals surface area (Å²) in [6.45, 7) is 0. The molecular weight excluding hydrogens is 210 g/mol. The number of carboxylic acid groups (broad SMARTS) is 1. The normalized spacial score (nSPS) is 22.7. The number of carboxylic acids is 1. The van der Waals surface area contributed by atoms with Gasteiger partial charge in [0.1, 0.15) is 0 Å². The summed E-state index contributed by atoms with van der Waals surface area (Å²) in [5.41, 5.74) is 0.937. The number of aromatic nitrogens is 1. The second kappa shape index (κ2) is 3.04. The second-order valence-corrected chi connectivity index (χ2v) is 5.59. The summed E-state index contributed by atoms with van der Waals surface area (Å²) in [6.07, 6.45) is 4.76. The summed E-state index contributed by atoms with van der Waals surface area (Å²) in [5, 5.41) is 12.2. The zero-order valence-electron chi connectivity index (χ0n) is 8.40. The highest BCUT2D eigenvalue weighted by Gasteiger charge is 2.48. The van der Waals surface area contributed by atoms with Crippen LogP contribution in [0.15, 0.2) is 5.38 Å². The van der Waals surface area contributed by atoms with Gasteiger partial charge in [0.15, 0.2) is 0 Å². The lowest BCUT2D eigenvalue weighted by Crippen LogP contribution is -2.13. The summed E-state index contributed by atoms with van der Waals surface area (Å²) < 4.78 is 0. The van der Waals surface area contributed by atoms with Gasteiger partial charge in [0.05, 0.1) is 17.1 Å². The maximum atomic E-state index is 10.8. The molecule has 0 aliphatic heterocycles. The van der Waals surface area contributed by atoms with Crippen molar-refractivity contribution in [3.8, 4) is 0 Å². The van der Waals surface area contributed by atoms with Gasteiger partial charge in [-0.3, -0.25) is 4.79 Å². The monoisotopic (exact) mass is 223 g/mol. The van der Waals surface area contributed by atoms with E-state index in [-0.39, 0.29) is 11.8 Å². The third kappa shape index (κ3) is 1.67. The van der Waals surface area contributed by atoms with E-state index in [0.29, 0.717) is 5.92 Å². The largest absolute Gasteiger partial charge is 0.481 e. The fourth-order valence-electron chi connectivity index (χ4n) is 2.01. The lowest BCUT2D eigenvalue weighted by molar-refractivity contribution is -0.137. The van der Waals surface area contributed by atoms with Gasteiger partial charge in [-0.1, -0.05) is 0 Å². The van der Waals surface area contributed by atoms with Gasteiger partial charge in [-0.25, -0.2) is 4.98 Å². The molecule has 15 heavy (non-hydrogen) atoms. The van der Waals surface area contributed by atoms with Gasteiger partial charge in [-0.2, -0.15) is 0 Å². The minimum Gasteiger partial charge on any atom is -0.481 e. The molecule has 1 aromatic rings. The van der Waals surface area contributed by atoms with E-state index in [1.165, 1.54) is 17.8 Å². The number of hydrogen-bond acceptors (Lipinski definition) is 3. The van der Waals surface area contributed by atoms with Crippen LogP contribution < -0.4 is 0 Å². The van der Waals surface area contributed by atoms with Crippen molar-refractivity contribution < 1.29 is 9.90 Å². The lowest BCUT2D eigenvalue weighted by Gasteiger charge is -2.07. The predicted molar refractivity (Wildman–Crippen MR) is 57.3 cm³/mol. The van der Waals surface area contributed by atoms with Gasteiger partial charge in [0.25, 0.3) is 0 Å². The second-order valence-electron chi connectivity index (χ2n) is 4.70. The van der Waals surface area contributed by atoms with E-state index in [0.717, 1.165) is 18.5 Å². The lowest BCUT2D eigenvalue weighted by atomic mass is 9.99. The van der Waals surface area contributed by atoms with Gasteiger partial charge < -0.3 is 5.11 Å². The fraction of sp³-hybridized carbons (Fsp3) is 0.636. The Morgan fingerprint density at radius 3 is 2.87 bits per heavy atom. The molecule has 0 amide bonds. The molecule has 0 spiro atoms. The van der Waals surface area contributed by atoms with E-state index in [9.17, 15) is 4.79 Å². The zero-order chi connectivity index (χ0) is 10.5. The molecule has 2 fully saturated rings. The minimum absolute atomic E-state index is 0.102. The topological polar surface area (TPSA) is 50.2 Å². The number of nitrogens with zero attached hydrogens (tertiary/aromatic N) is 1. The van der Waals surface area contributed by atoms with E-state index < -0.39 is 5.97 Å². The summed E-state index contributed by atoms with van der Waals surface area (Å²) in [7, 11) is 0. The Hall–Kier alpha value is -0.900. The molecule has 4 heteroatoms. The average Bonchev–Trinajstić information content (AvgIpc) is 3.09. The Kier molecular flexibility index (Phi) is 1.89. The van der Waals surface area contributed by atoms with Crippen molar-refractivity contribution in [2.45, 2.75) is 43.4 Å². The van der Waals surface area contributed by atoms with Gasteiger partial charge in [-0.05, 0) is 25.7 Å². The number of aliphatic carboxylic acids is 1. The third-order valence-electron chi connectivity index (χ3n) is 3.34. The standard InChI is InChI=1S/C11H13NO2S/c13-9(14)5-11(3-4-11)8-6-15-10(12-8)7-1-2-7/h6-7H,1-5H2,(H,13,14). The van der Waals surface area contributed by atoms with Crippen LogP contribution in [0, 0.1) is 0 Å². The van der Waals surface area contributed by atoms with Crippen LogP contribution in [0.5, 0.6) is 0 Å². The Morgan fingerprint density at radius 2 is 2.33 bits per heavy atom. The van der Waals surface area contributed by atoms with Crippen LogP contribution >= 0.6 is 11.3 Å². The third-order valence-corrected chi connectivity index (χ3v) is 4.34. The molecule has 0 bridgehead atoms. The van der Waals surface area contributed by atoms with Gasteiger partial charge >= 0.3 is 5.97 Å². The molecule has 0 atom stereocenters. The SMILES string of the molecule is O=C(O)CC1(c2csc(C3CC3)n2)CC1. The molecular formula is C11H13NO2S. The molecule has 80 valence electrons. The van der Waals surface area contributed by atoms with E-state index >= 15 is 0 Å². The van der Waals surface area contributed by atoms with Crippen molar-refractivity contribution >= 4 is 17.3 Å². The van der Waals surface area contributed by atoms with Crippen molar-refractivity contribution in [1.29, 1.82) is 0 Å². The molecule has 0 aromatic carbocycles. The van der Waals surface area contributed by atoms with Gasteiger partial charge in [-0.15, -0.1) is 11.3 Å². The first-order valence-electron chi connectivity index (χ1n) is 5.37. The van der Waals surface area contributed by atoms with Crippen LogP contribution in [0.4, 0.5) is 0 Å². The van der Waals surface area contributed by atoms with Crippen LogP contribution in [-0.2, 0) is 10.2 Å². The van der Waals surface area contributed by atoms with Crippen molar-refractivity contribution in [2.24, 2.45) is 0 Å². The first kappa shape index (κ1) is 9.33. The summed E-state index contributed by atoms with van der Waals surface area (Å²) in [6, 6.07) is 0. The van der Waals surface area contributed by atoms with Crippen LogP contribution in [0.25, 0.3) is 0 Å². The molecule has 0 saturated heterocycles. The van der Waals surface area contributed by atoms with Crippen LogP contribution in [0.3, 0.4) is 0 Å². The molecule has 3 rings (SSSR count). The number of hydrogen-bond donors (Lipinski definition) is 1. The number of thiazole rings is 1. The fourth-order valence-corrected chi connectivity index (χ4v) is 3.13. The molecule has 2 saturated carbocycles. The molecule has 1 aromatic heterocycles. The van der Waals surface area contributed by atoms with E-state index in [1.54, 1.807) is 11.3 Å². The molecule has 3 nitrogen and oxygen atoms in total. The van der Waals surface area contributed by atoms with E-state index in [4.69, 9.17) is 5.11 Å². The smallest absolute Gasteiger partial charge is 0.304 e. The molecule has 2 aliphatic carbocycles. The average molecular weight is 223 g/mol.